The number of anilines is 1. The highest BCUT2D eigenvalue weighted by Gasteiger charge is 2.42. The van der Waals surface area contributed by atoms with Crippen LogP contribution in [0.1, 0.15) is 23.9 Å². The van der Waals surface area contributed by atoms with Gasteiger partial charge in [-0.1, -0.05) is 5.16 Å². The molecule has 2 aliphatic rings. The Hall–Kier alpha value is -2.97. The zero-order valence-electron chi connectivity index (χ0n) is 17.0. The third-order valence-electron chi connectivity index (χ3n) is 6.37. The molecule has 0 aliphatic carbocycles. The number of hydrogen-bond donors (Lipinski definition) is 0. The van der Waals surface area contributed by atoms with Crippen LogP contribution in [-0.4, -0.2) is 61.7 Å². The first-order valence-electron chi connectivity index (χ1n) is 10.2. The van der Waals surface area contributed by atoms with E-state index in [1.54, 1.807) is 6.33 Å². The molecular weight excluding hydrogens is 370 g/mol. The minimum absolute atomic E-state index is 0.159. The number of rotatable bonds is 4. The van der Waals surface area contributed by atoms with Gasteiger partial charge >= 0.3 is 0 Å². The fourth-order valence-corrected chi connectivity index (χ4v) is 4.72. The second-order valence-corrected chi connectivity index (χ2v) is 8.10. The molecule has 5 heterocycles. The molecule has 2 aliphatic heterocycles. The maximum atomic E-state index is 12.8. The number of aromatic nitrogens is 5. The maximum absolute atomic E-state index is 12.8. The number of fused-ring (bicyclic) bond motifs is 2. The molecule has 9 heteroatoms. The van der Waals surface area contributed by atoms with Gasteiger partial charge in [0.05, 0.1) is 18.4 Å². The fraction of sp³-hybridized carbons (Fsp3) is 0.550. The predicted octanol–water partition coefficient (Wildman–Crippen LogP) is 1.59. The first-order valence-corrected chi connectivity index (χ1v) is 10.2. The van der Waals surface area contributed by atoms with Crippen LogP contribution in [0.25, 0.3) is 11.2 Å². The van der Waals surface area contributed by atoms with Crippen molar-refractivity contribution in [2.75, 3.05) is 31.1 Å². The van der Waals surface area contributed by atoms with E-state index in [1.807, 2.05) is 29.6 Å². The Bertz CT molecular complexity index is 1040. The summed E-state index contributed by atoms with van der Waals surface area (Å²) >= 11 is 0. The molecule has 0 bridgehead atoms. The van der Waals surface area contributed by atoms with E-state index < -0.39 is 0 Å². The van der Waals surface area contributed by atoms with Gasteiger partial charge in [0.15, 0.2) is 17.0 Å². The van der Waals surface area contributed by atoms with E-state index in [0.29, 0.717) is 18.3 Å². The molecule has 3 aromatic heterocycles. The quantitative estimate of drug-likeness (QED) is 0.662. The maximum Gasteiger partial charge on any atom is 0.227 e. The van der Waals surface area contributed by atoms with Gasteiger partial charge in [-0.3, -0.25) is 4.79 Å². The lowest BCUT2D eigenvalue weighted by atomic mass is 10.0. The first-order chi connectivity index (χ1) is 14.0. The minimum Gasteiger partial charge on any atom is -0.361 e. The third-order valence-corrected chi connectivity index (χ3v) is 6.37. The molecule has 2 unspecified atom stereocenters. The Kier molecular flexibility index (Phi) is 4.25. The van der Waals surface area contributed by atoms with E-state index in [0.717, 1.165) is 66.7 Å². The Balaban J connectivity index is 1.28. The molecule has 0 saturated carbocycles. The smallest absolute Gasteiger partial charge is 0.227 e. The van der Waals surface area contributed by atoms with Crippen LogP contribution in [0.15, 0.2) is 17.2 Å². The molecule has 0 N–H and O–H groups in total. The number of carbonyl (C=O) groups is 1. The average molecular weight is 395 g/mol. The van der Waals surface area contributed by atoms with Gasteiger partial charge < -0.3 is 18.9 Å². The minimum atomic E-state index is 0.159. The molecular formula is C20H25N7O2. The average Bonchev–Trinajstić information content (AvgIpc) is 3.46. The summed E-state index contributed by atoms with van der Waals surface area (Å²) in [4.78, 5) is 30.6. The summed E-state index contributed by atoms with van der Waals surface area (Å²) in [7, 11) is 0. The summed E-state index contributed by atoms with van der Waals surface area (Å²) in [5, 5.41) is 3.96. The van der Waals surface area contributed by atoms with Crippen molar-refractivity contribution in [1.82, 2.24) is 29.6 Å². The zero-order valence-corrected chi connectivity index (χ0v) is 17.0. The highest BCUT2D eigenvalue weighted by Crippen LogP contribution is 2.35. The van der Waals surface area contributed by atoms with E-state index in [9.17, 15) is 4.79 Å². The molecule has 0 aromatic carbocycles. The summed E-state index contributed by atoms with van der Waals surface area (Å²) in [5.74, 6) is 2.72. The molecule has 2 atom stereocenters. The van der Waals surface area contributed by atoms with E-state index >= 15 is 0 Å². The van der Waals surface area contributed by atoms with Crippen molar-refractivity contribution in [3.05, 3.63) is 29.7 Å². The molecule has 1 amide bonds. The van der Waals surface area contributed by atoms with Crippen molar-refractivity contribution in [3.63, 3.8) is 0 Å². The molecule has 0 radical (unpaired) electrons. The zero-order chi connectivity index (χ0) is 20.1. The monoisotopic (exact) mass is 395 g/mol. The van der Waals surface area contributed by atoms with Gasteiger partial charge in [-0.05, 0) is 20.8 Å². The Morgan fingerprint density at radius 3 is 2.55 bits per heavy atom. The number of likely N-dealkylation sites (tertiary alicyclic amines) is 1. The molecule has 29 heavy (non-hydrogen) atoms. The number of hydrogen-bond acceptors (Lipinski definition) is 7. The van der Waals surface area contributed by atoms with Crippen LogP contribution in [0.3, 0.4) is 0 Å². The summed E-state index contributed by atoms with van der Waals surface area (Å²) in [6, 6.07) is 0. The van der Waals surface area contributed by atoms with Crippen molar-refractivity contribution in [2.45, 2.75) is 33.7 Å². The lowest BCUT2D eigenvalue weighted by Gasteiger charge is -2.22. The lowest BCUT2D eigenvalue weighted by molar-refractivity contribution is -0.129. The van der Waals surface area contributed by atoms with Crippen LogP contribution >= 0.6 is 0 Å². The van der Waals surface area contributed by atoms with Gasteiger partial charge in [-0.25, -0.2) is 15.0 Å². The Morgan fingerprint density at radius 2 is 1.90 bits per heavy atom. The summed E-state index contributed by atoms with van der Waals surface area (Å²) in [5.41, 5.74) is 3.47. The number of aryl methyl sites for hydroxylation is 3. The highest BCUT2D eigenvalue weighted by molar-refractivity contribution is 5.83. The number of imidazole rings is 1. The largest absolute Gasteiger partial charge is 0.361 e. The second kappa shape index (κ2) is 6.82. The molecule has 5 rings (SSSR count). The van der Waals surface area contributed by atoms with Gasteiger partial charge in [-0.15, -0.1) is 0 Å². The molecule has 152 valence electrons. The standard InChI is InChI=1S/C20H25N7O2/c1-4-25-11-23-18-19(25)21-10-22-20(18)27-8-14-6-26(7-15(14)9-27)17(28)5-16-12(2)24-29-13(16)3/h10-11,14-15H,4-9H2,1-3H3. The topological polar surface area (TPSA) is 93.2 Å². The molecule has 0 spiro atoms. The van der Waals surface area contributed by atoms with E-state index in [4.69, 9.17) is 4.52 Å². The Labute approximate surface area is 168 Å². The van der Waals surface area contributed by atoms with E-state index in [1.165, 1.54) is 0 Å². The molecule has 2 saturated heterocycles. The van der Waals surface area contributed by atoms with Crippen LogP contribution in [0.5, 0.6) is 0 Å². The van der Waals surface area contributed by atoms with Gasteiger partial charge in [0.2, 0.25) is 5.91 Å². The van der Waals surface area contributed by atoms with Gasteiger partial charge in [-0.2, -0.15) is 0 Å². The van der Waals surface area contributed by atoms with Gasteiger partial charge in [0.1, 0.15) is 12.1 Å². The summed E-state index contributed by atoms with van der Waals surface area (Å²) in [6.07, 6.45) is 3.82. The van der Waals surface area contributed by atoms with Crippen LogP contribution < -0.4 is 4.90 Å². The van der Waals surface area contributed by atoms with Crippen LogP contribution in [0.4, 0.5) is 5.82 Å². The van der Waals surface area contributed by atoms with Gasteiger partial charge in [0, 0.05) is 50.1 Å². The SMILES string of the molecule is CCn1cnc2c(N3CC4CN(C(=O)Cc5c(C)noc5C)CC4C3)ncnc21. The van der Waals surface area contributed by atoms with Crippen molar-refractivity contribution in [1.29, 1.82) is 0 Å². The van der Waals surface area contributed by atoms with Crippen molar-refractivity contribution < 1.29 is 9.32 Å². The number of carbonyl (C=O) groups excluding carboxylic acids is 1. The predicted molar refractivity (Wildman–Crippen MR) is 106 cm³/mol. The second-order valence-electron chi connectivity index (χ2n) is 8.10. The van der Waals surface area contributed by atoms with E-state index in [-0.39, 0.29) is 5.91 Å². The molecule has 9 nitrogen and oxygen atoms in total. The van der Waals surface area contributed by atoms with Crippen molar-refractivity contribution >= 4 is 22.9 Å². The normalized spacial score (nSPS) is 21.3. The fourth-order valence-electron chi connectivity index (χ4n) is 4.72. The summed E-state index contributed by atoms with van der Waals surface area (Å²) < 4.78 is 7.23. The first kappa shape index (κ1) is 18.1. The lowest BCUT2D eigenvalue weighted by Crippen LogP contribution is -2.34. The van der Waals surface area contributed by atoms with Crippen LogP contribution in [0, 0.1) is 25.7 Å². The Morgan fingerprint density at radius 1 is 1.14 bits per heavy atom. The van der Waals surface area contributed by atoms with Crippen molar-refractivity contribution in [2.24, 2.45) is 11.8 Å². The van der Waals surface area contributed by atoms with E-state index in [2.05, 4.69) is 31.9 Å². The molecule has 2 fully saturated rings. The molecule has 3 aromatic rings. The van der Waals surface area contributed by atoms with Crippen molar-refractivity contribution in [3.8, 4) is 0 Å². The van der Waals surface area contributed by atoms with Crippen LogP contribution in [-0.2, 0) is 17.8 Å². The summed E-state index contributed by atoms with van der Waals surface area (Å²) in [6.45, 7) is 10.0. The van der Waals surface area contributed by atoms with Crippen LogP contribution in [0.2, 0.25) is 0 Å². The third kappa shape index (κ3) is 2.95. The number of nitrogens with zero attached hydrogens (tertiary/aromatic N) is 7. The highest BCUT2D eigenvalue weighted by atomic mass is 16.5. The van der Waals surface area contributed by atoms with Gasteiger partial charge in [0.25, 0.3) is 0 Å². The number of amides is 1.